The number of fused-ring (bicyclic) bond motifs is 3. The molecule has 0 radical (unpaired) electrons. The highest BCUT2D eigenvalue weighted by atomic mass is 35.5. The molecule has 2 N–H and O–H groups in total. The molecule has 1 aliphatic heterocycles. The number of halogens is 1. The summed E-state index contributed by atoms with van der Waals surface area (Å²) in [6.07, 6.45) is 8.09. The standard InChI is InChI=1S/C26H35ClN2O3/c1-4-26(11-17-8-18(12-26)10-25(3,31)9-17)16(2)28-24(30)20-13-29(19-14-32-15-19)22-7-5-6-21(27)23(20)22/h5-7,13,16-19,31H,4,8-12,14-15H2,1-3H3,(H,28,30)/t16-,17-,18+,25?,26?/m1/s1. The number of benzene rings is 1. The van der Waals surface area contributed by atoms with E-state index in [1.165, 1.54) is 6.42 Å². The lowest BCUT2D eigenvalue weighted by Gasteiger charge is -2.53. The van der Waals surface area contributed by atoms with Crippen molar-refractivity contribution in [2.75, 3.05) is 13.2 Å². The number of amides is 1. The van der Waals surface area contributed by atoms with Gasteiger partial charge >= 0.3 is 0 Å². The molecule has 2 heterocycles. The van der Waals surface area contributed by atoms with Gasteiger partial charge in [0.15, 0.2) is 0 Å². The fourth-order valence-corrected chi connectivity index (χ4v) is 7.28. The zero-order chi connectivity index (χ0) is 22.7. The number of hydrogen-bond donors (Lipinski definition) is 2. The largest absolute Gasteiger partial charge is 0.390 e. The third-order valence-electron chi connectivity index (χ3n) is 8.55. The Morgan fingerprint density at radius 1 is 1.28 bits per heavy atom. The van der Waals surface area contributed by atoms with Crippen molar-refractivity contribution in [3.05, 3.63) is 35.0 Å². The van der Waals surface area contributed by atoms with Crippen LogP contribution in [0.1, 0.15) is 75.7 Å². The van der Waals surface area contributed by atoms with Gasteiger partial charge in [-0.2, -0.15) is 0 Å². The first kappa shape index (κ1) is 22.2. The summed E-state index contributed by atoms with van der Waals surface area (Å²) >= 11 is 6.57. The normalized spacial score (nSPS) is 33.7. The molecule has 1 amide bonds. The lowest BCUT2D eigenvalue weighted by atomic mass is 9.55. The molecule has 5 rings (SSSR count). The molecule has 2 aromatic rings. The molecule has 2 saturated carbocycles. The average molecular weight is 459 g/mol. The van der Waals surface area contributed by atoms with Gasteiger partial charge in [0.2, 0.25) is 0 Å². The van der Waals surface area contributed by atoms with Crippen LogP contribution in [-0.4, -0.2) is 40.4 Å². The van der Waals surface area contributed by atoms with E-state index in [2.05, 4.69) is 23.7 Å². The summed E-state index contributed by atoms with van der Waals surface area (Å²) in [7, 11) is 0. The summed E-state index contributed by atoms with van der Waals surface area (Å²) in [4.78, 5) is 13.6. The van der Waals surface area contributed by atoms with Gasteiger partial charge in [-0.1, -0.05) is 24.6 Å². The highest BCUT2D eigenvalue weighted by Gasteiger charge is 2.49. The number of nitrogens with zero attached hydrogens (tertiary/aromatic N) is 1. The van der Waals surface area contributed by atoms with E-state index in [1.807, 2.05) is 31.3 Å². The molecule has 1 aromatic heterocycles. The molecule has 2 aliphatic carbocycles. The van der Waals surface area contributed by atoms with Gasteiger partial charge in [-0.25, -0.2) is 0 Å². The monoisotopic (exact) mass is 458 g/mol. The van der Waals surface area contributed by atoms with Gasteiger partial charge in [-0.3, -0.25) is 4.79 Å². The molecule has 5 atom stereocenters. The number of hydrogen-bond acceptors (Lipinski definition) is 3. The molecule has 6 heteroatoms. The first-order valence-electron chi connectivity index (χ1n) is 12.1. The Morgan fingerprint density at radius 2 is 1.97 bits per heavy atom. The van der Waals surface area contributed by atoms with Gasteiger partial charge in [0, 0.05) is 17.6 Å². The highest BCUT2D eigenvalue weighted by Crippen LogP contribution is 2.54. The van der Waals surface area contributed by atoms with Crippen LogP contribution < -0.4 is 5.32 Å². The van der Waals surface area contributed by atoms with E-state index in [9.17, 15) is 9.90 Å². The van der Waals surface area contributed by atoms with Crippen molar-refractivity contribution in [3.63, 3.8) is 0 Å². The van der Waals surface area contributed by atoms with Crippen LogP contribution in [0.4, 0.5) is 0 Å². The maximum absolute atomic E-state index is 13.6. The molecule has 3 aliphatic rings. The van der Waals surface area contributed by atoms with E-state index < -0.39 is 5.60 Å². The molecule has 0 spiro atoms. The molecule has 5 nitrogen and oxygen atoms in total. The van der Waals surface area contributed by atoms with Crippen molar-refractivity contribution in [1.82, 2.24) is 9.88 Å². The van der Waals surface area contributed by atoms with Crippen molar-refractivity contribution >= 4 is 28.4 Å². The topological polar surface area (TPSA) is 63.5 Å². The van der Waals surface area contributed by atoms with E-state index in [0.29, 0.717) is 35.6 Å². The molecule has 2 bridgehead atoms. The van der Waals surface area contributed by atoms with Crippen LogP contribution in [0.2, 0.25) is 5.02 Å². The van der Waals surface area contributed by atoms with Crippen molar-refractivity contribution in [2.45, 2.75) is 77.0 Å². The average Bonchev–Trinajstić information content (AvgIpc) is 3.05. The molecular weight excluding hydrogens is 424 g/mol. The smallest absolute Gasteiger partial charge is 0.253 e. The van der Waals surface area contributed by atoms with Crippen LogP contribution in [0.25, 0.3) is 10.9 Å². The SMILES string of the molecule is CCC1([C@@H](C)NC(=O)c2cn(C3COC3)c3cccc(Cl)c23)C[C@@H]2C[C@@H](CC(C)(O)C2)C1. The van der Waals surface area contributed by atoms with Gasteiger partial charge < -0.3 is 19.7 Å². The van der Waals surface area contributed by atoms with Crippen LogP contribution in [-0.2, 0) is 4.74 Å². The first-order chi connectivity index (χ1) is 15.2. The number of carbonyl (C=O) groups is 1. The predicted octanol–water partition coefficient (Wildman–Crippen LogP) is 5.34. The molecule has 3 fully saturated rings. The van der Waals surface area contributed by atoms with Gasteiger partial charge in [0.05, 0.1) is 41.0 Å². The van der Waals surface area contributed by atoms with Crippen molar-refractivity contribution in [2.24, 2.45) is 17.3 Å². The number of rotatable bonds is 5. The van der Waals surface area contributed by atoms with E-state index in [4.69, 9.17) is 16.3 Å². The Bertz CT molecular complexity index is 1010. The Morgan fingerprint density at radius 3 is 2.56 bits per heavy atom. The molecule has 32 heavy (non-hydrogen) atoms. The Balaban J connectivity index is 1.41. The Labute approximate surface area is 195 Å². The first-order valence-corrected chi connectivity index (χ1v) is 12.5. The quantitative estimate of drug-likeness (QED) is 0.635. The molecule has 1 saturated heterocycles. The minimum absolute atomic E-state index is 0.0508. The summed E-state index contributed by atoms with van der Waals surface area (Å²) < 4.78 is 7.53. The summed E-state index contributed by atoms with van der Waals surface area (Å²) in [5.41, 5.74) is 1.17. The third kappa shape index (κ3) is 3.76. The third-order valence-corrected chi connectivity index (χ3v) is 8.86. The van der Waals surface area contributed by atoms with E-state index in [0.717, 1.165) is 43.0 Å². The molecule has 1 aromatic carbocycles. The van der Waals surface area contributed by atoms with Crippen LogP contribution in [0, 0.1) is 17.3 Å². The second-order valence-corrected chi connectivity index (χ2v) is 11.4. The van der Waals surface area contributed by atoms with Crippen LogP contribution in [0.15, 0.2) is 24.4 Å². The summed E-state index contributed by atoms with van der Waals surface area (Å²) in [6, 6.07) is 6.13. The van der Waals surface area contributed by atoms with Gasteiger partial charge in [-0.05, 0) is 81.8 Å². The number of carbonyl (C=O) groups excluding carboxylic acids is 1. The number of aromatic nitrogens is 1. The fourth-order valence-electron chi connectivity index (χ4n) is 7.01. The van der Waals surface area contributed by atoms with Crippen molar-refractivity contribution < 1.29 is 14.6 Å². The van der Waals surface area contributed by atoms with E-state index in [-0.39, 0.29) is 23.4 Å². The lowest BCUT2D eigenvalue weighted by Crippen LogP contribution is -2.52. The summed E-state index contributed by atoms with van der Waals surface area (Å²) in [5, 5.41) is 15.5. The van der Waals surface area contributed by atoms with E-state index >= 15 is 0 Å². The van der Waals surface area contributed by atoms with Crippen LogP contribution in [0.3, 0.4) is 0 Å². The lowest BCUT2D eigenvalue weighted by molar-refractivity contribution is -0.0756. The predicted molar refractivity (Wildman–Crippen MR) is 127 cm³/mol. The zero-order valence-electron chi connectivity index (χ0n) is 19.4. The Kier molecular flexibility index (Phi) is 5.58. The number of ether oxygens (including phenoxy) is 1. The van der Waals surface area contributed by atoms with E-state index in [1.54, 1.807) is 0 Å². The number of nitrogens with one attached hydrogen (secondary N) is 1. The molecular formula is C26H35ClN2O3. The minimum atomic E-state index is -0.538. The van der Waals surface area contributed by atoms with Gasteiger partial charge in [0.1, 0.15) is 0 Å². The van der Waals surface area contributed by atoms with Gasteiger partial charge in [0.25, 0.3) is 5.91 Å². The fraction of sp³-hybridized carbons (Fsp3) is 0.654. The van der Waals surface area contributed by atoms with Crippen molar-refractivity contribution in [1.29, 1.82) is 0 Å². The number of aliphatic hydroxyl groups is 1. The second kappa shape index (κ2) is 8.03. The van der Waals surface area contributed by atoms with Crippen LogP contribution >= 0.6 is 11.6 Å². The maximum Gasteiger partial charge on any atom is 0.253 e. The zero-order valence-corrected chi connectivity index (χ0v) is 20.1. The summed E-state index contributed by atoms with van der Waals surface area (Å²) in [6.45, 7) is 7.74. The highest BCUT2D eigenvalue weighted by molar-refractivity contribution is 6.36. The maximum atomic E-state index is 13.6. The summed E-state index contributed by atoms with van der Waals surface area (Å²) in [5.74, 6) is 1.02. The molecule has 174 valence electrons. The van der Waals surface area contributed by atoms with Crippen molar-refractivity contribution in [3.8, 4) is 0 Å². The Hall–Kier alpha value is -1.56. The second-order valence-electron chi connectivity index (χ2n) is 11.0. The van der Waals surface area contributed by atoms with Gasteiger partial charge in [-0.15, -0.1) is 0 Å². The van der Waals surface area contributed by atoms with Crippen LogP contribution in [0.5, 0.6) is 0 Å². The minimum Gasteiger partial charge on any atom is -0.390 e. The molecule has 2 unspecified atom stereocenters.